The molecule has 0 rings (SSSR count). The Morgan fingerprint density at radius 3 is 1.33 bits per heavy atom. The summed E-state index contributed by atoms with van der Waals surface area (Å²) < 4.78 is 16.5. The molecule has 254 valence electrons. The Kier molecular flexibility index (Phi) is 29.3. The Hall–Kier alpha value is -1.59. The molecule has 0 heterocycles. The van der Waals surface area contributed by atoms with Crippen molar-refractivity contribution in [1.29, 1.82) is 0 Å². The molecular formula is C37H70O6. The topological polar surface area (TPSA) is 78.9 Å². The molecule has 1 unspecified atom stereocenters. The van der Waals surface area contributed by atoms with Gasteiger partial charge in [0.05, 0.1) is 0 Å². The molecule has 2 atom stereocenters. The van der Waals surface area contributed by atoms with E-state index in [0.717, 1.165) is 76.0 Å². The molecule has 0 aromatic heterocycles. The first-order valence-corrected chi connectivity index (χ1v) is 18.3. The number of hydrogen-bond acceptors (Lipinski definition) is 6. The quantitative estimate of drug-likeness (QED) is 0.0441. The molecule has 0 aromatic carbocycles. The van der Waals surface area contributed by atoms with E-state index < -0.39 is 6.10 Å². The van der Waals surface area contributed by atoms with Gasteiger partial charge in [0.15, 0.2) is 6.10 Å². The number of hydrogen-bond donors (Lipinski definition) is 0. The minimum Gasteiger partial charge on any atom is -0.462 e. The molecule has 0 fully saturated rings. The van der Waals surface area contributed by atoms with Gasteiger partial charge in [0.25, 0.3) is 0 Å². The van der Waals surface area contributed by atoms with E-state index in [-0.39, 0.29) is 31.1 Å². The molecule has 6 heteroatoms. The second-order valence-corrected chi connectivity index (χ2v) is 13.2. The van der Waals surface area contributed by atoms with Gasteiger partial charge >= 0.3 is 17.9 Å². The van der Waals surface area contributed by atoms with E-state index in [1.54, 1.807) is 0 Å². The molecule has 0 N–H and O–H groups in total. The van der Waals surface area contributed by atoms with Crippen LogP contribution in [0.25, 0.3) is 0 Å². The molecule has 43 heavy (non-hydrogen) atoms. The van der Waals surface area contributed by atoms with Gasteiger partial charge in [0.1, 0.15) is 13.2 Å². The van der Waals surface area contributed by atoms with Crippen LogP contribution in [0.1, 0.15) is 189 Å². The lowest BCUT2D eigenvalue weighted by Gasteiger charge is -2.18. The summed E-state index contributed by atoms with van der Waals surface area (Å²) in [7, 11) is 0. The third-order valence-corrected chi connectivity index (χ3v) is 8.33. The molecule has 0 aromatic rings. The summed E-state index contributed by atoms with van der Waals surface area (Å²) in [5.74, 6) is 0.703. The van der Waals surface area contributed by atoms with Crippen molar-refractivity contribution in [3.05, 3.63) is 0 Å². The molecule has 0 bridgehead atoms. The van der Waals surface area contributed by atoms with Crippen molar-refractivity contribution in [1.82, 2.24) is 0 Å². The largest absolute Gasteiger partial charge is 0.462 e. The third kappa shape index (κ3) is 30.2. The van der Waals surface area contributed by atoms with Crippen molar-refractivity contribution in [2.24, 2.45) is 11.8 Å². The Bertz CT molecular complexity index is 661. The fourth-order valence-corrected chi connectivity index (χ4v) is 5.13. The van der Waals surface area contributed by atoms with Crippen molar-refractivity contribution in [3.8, 4) is 0 Å². The maximum Gasteiger partial charge on any atom is 0.306 e. The summed E-state index contributed by atoms with van der Waals surface area (Å²) in [4.78, 5) is 37.1. The van der Waals surface area contributed by atoms with Crippen LogP contribution >= 0.6 is 0 Å². The number of carbonyl (C=O) groups is 3. The number of carbonyl (C=O) groups excluding carboxylic acids is 3. The second kappa shape index (κ2) is 30.4. The van der Waals surface area contributed by atoms with Crippen LogP contribution in [0.5, 0.6) is 0 Å². The minimum absolute atomic E-state index is 0.0691. The van der Waals surface area contributed by atoms with Crippen molar-refractivity contribution in [2.45, 2.75) is 195 Å². The van der Waals surface area contributed by atoms with Crippen molar-refractivity contribution in [2.75, 3.05) is 13.2 Å². The Morgan fingerprint density at radius 1 is 0.488 bits per heavy atom. The summed E-state index contributed by atoms with van der Waals surface area (Å²) in [5.41, 5.74) is 0. The SMILES string of the molecule is CCCCCCCC(=O)OC[C@H](COC(=O)CCCCCCCCC(C)CC)OC(=O)CCCCCCCCCC(C)C. The molecule has 0 radical (unpaired) electrons. The molecule has 0 amide bonds. The number of ether oxygens (including phenoxy) is 3. The summed E-state index contributed by atoms with van der Waals surface area (Å²) in [6.07, 6.45) is 24.1. The first kappa shape index (κ1) is 41.4. The molecule has 0 aliphatic heterocycles. The highest BCUT2D eigenvalue weighted by molar-refractivity contribution is 5.71. The van der Waals surface area contributed by atoms with Crippen LogP contribution in [0.15, 0.2) is 0 Å². The zero-order chi connectivity index (χ0) is 32.0. The Balaban J connectivity index is 4.33. The van der Waals surface area contributed by atoms with Crippen LogP contribution in [0, 0.1) is 11.8 Å². The van der Waals surface area contributed by atoms with Crippen LogP contribution in [0.3, 0.4) is 0 Å². The second-order valence-electron chi connectivity index (χ2n) is 13.2. The van der Waals surface area contributed by atoms with Crippen LogP contribution in [0.4, 0.5) is 0 Å². The average Bonchev–Trinajstić information content (AvgIpc) is 2.98. The van der Waals surface area contributed by atoms with Crippen molar-refractivity contribution < 1.29 is 28.6 Å². The van der Waals surface area contributed by atoms with Gasteiger partial charge in [-0.05, 0) is 31.1 Å². The van der Waals surface area contributed by atoms with Gasteiger partial charge in [0, 0.05) is 19.3 Å². The van der Waals surface area contributed by atoms with Gasteiger partial charge in [-0.2, -0.15) is 0 Å². The Labute approximate surface area is 266 Å². The van der Waals surface area contributed by atoms with E-state index in [1.807, 2.05) is 0 Å². The lowest BCUT2D eigenvalue weighted by Crippen LogP contribution is -2.30. The van der Waals surface area contributed by atoms with E-state index in [1.165, 1.54) is 70.6 Å². The van der Waals surface area contributed by atoms with Crippen LogP contribution < -0.4 is 0 Å². The van der Waals surface area contributed by atoms with Gasteiger partial charge in [-0.3, -0.25) is 14.4 Å². The molecule has 0 aliphatic rings. The molecule has 0 spiro atoms. The number of unbranched alkanes of at least 4 members (excludes halogenated alkanes) is 15. The lowest BCUT2D eigenvalue weighted by atomic mass is 10.00. The predicted molar refractivity (Wildman–Crippen MR) is 178 cm³/mol. The smallest absolute Gasteiger partial charge is 0.306 e. The van der Waals surface area contributed by atoms with E-state index in [2.05, 4.69) is 34.6 Å². The van der Waals surface area contributed by atoms with E-state index in [0.29, 0.717) is 19.3 Å². The molecular weight excluding hydrogens is 540 g/mol. The molecule has 6 nitrogen and oxygen atoms in total. The summed E-state index contributed by atoms with van der Waals surface area (Å²) >= 11 is 0. The fraction of sp³-hybridized carbons (Fsp3) is 0.919. The zero-order valence-electron chi connectivity index (χ0n) is 29.1. The maximum atomic E-state index is 12.5. The zero-order valence-corrected chi connectivity index (χ0v) is 29.1. The van der Waals surface area contributed by atoms with Gasteiger partial charge in [-0.15, -0.1) is 0 Å². The van der Waals surface area contributed by atoms with E-state index in [4.69, 9.17) is 14.2 Å². The lowest BCUT2D eigenvalue weighted by molar-refractivity contribution is -0.167. The fourth-order valence-electron chi connectivity index (χ4n) is 5.13. The number of rotatable bonds is 31. The van der Waals surface area contributed by atoms with E-state index in [9.17, 15) is 14.4 Å². The monoisotopic (exact) mass is 611 g/mol. The normalized spacial score (nSPS) is 12.7. The summed E-state index contributed by atoms with van der Waals surface area (Å²) in [6.45, 7) is 11.1. The van der Waals surface area contributed by atoms with Gasteiger partial charge < -0.3 is 14.2 Å². The van der Waals surface area contributed by atoms with Crippen molar-refractivity contribution >= 4 is 17.9 Å². The highest BCUT2D eigenvalue weighted by Gasteiger charge is 2.19. The van der Waals surface area contributed by atoms with Gasteiger partial charge in [-0.1, -0.05) is 150 Å². The average molecular weight is 611 g/mol. The standard InChI is InChI=1S/C37H70O6/c1-6-8-9-15-22-27-35(38)41-30-34(43-37(40)29-24-19-12-10-11-16-20-25-32(3)4)31-42-36(39)28-23-18-14-13-17-21-26-33(5)7-2/h32-34H,6-31H2,1-5H3/t33?,34-/m1/s1. The molecule has 0 saturated carbocycles. The maximum absolute atomic E-state index is 12.5. The minimum atomic E-state index is -0.757. The van der Waals surface area contributed by atoms with Gasteiger partial charge in [-0.25, -0.2) is 0 Å². The van der Waals surface area contributed by atoms with Crippen LogP contribution in [0.2, 0.25) is 0 Å². The number of esters is 3. The molecule has 0 saturated heterocycles. The van der Waals surface area contributed by atoms with E-state index >= 15 is 0 Å². The highest BCUT2D eigenvalue weighted by atomic mass is 16.6. The van der Waals surface area contributed by atoms with Gasteiger partial charge in [0.2, 0.25) is 0 Å². The van der Waals surface area contributed by atoms with Crippen LogP contribution in [-0.2, 0) is 28.6 Å². The highest BCUT2D eigenvalue weighted by Crippen LogP contribution is 2.16. The Morgan fingerprint density at radius 2 is 0.884 bits per heavy atom. The molecule has 0 aliphatic carbocycles. The first-order valence-electron chi connectivity index (χ1n) is 18.3. The predicted octanol–water partition coefficient (Wildman–Crippen LogP) is 10.7. The summed E-state index contributed by atoms with van der Waals surface area (Å²) in [6, 6.07) is 0. The first-order chi connectivity index (χ1) is 20.8. The van der Waals surface area contributed by atoms with Crippen molar-refractivity contribution in [3.63, 3.8) is 0 Å². The summed E-state index contributed by atoms with van der Waals surface area (Å²) in [5, 5.41) is 0. The third-order valence-electron chi connectivity index (χ3n) is 8.33. The van der Waals surface area contributed by atoms with Crippen LogP contribution in [-0.4, -0.2) is 37.2 Å².